The van der Waals surface area contributed by atoms with Gasteiger partial charge in [0.1, 0.15) is 5.75 Å². The van der Waals surface area contributed by atoms with Gasteiger partial charge < -0.3 is 4.74 Å². The van der Waals surface area contributed by atoms with Crippen molar-refractivity contribution in [3.05, 3.63) is 54.2 Å². The Bertz CT molecular complexity index is 566. The lowest BCUT2D eigenvalue weighted by Gasteiger charge is -2.35. The molecular formula is C19H24N2O. The number of piperidine rings is 1. The summed E-state index contributed by atoms with van der Waals surface area (Å²) >= 11 is 0. The van der Waals surface area contributed by atoms with E-state index in [0.29, 0.717) is 11.9 Å². The normalized spacial score (nSPS) is 19.0. The van der Waals surface area contributed by atoms with E-state index in [1.54, 1.807) is 0 Å². The van der Waals surface area contributed by atoms with Crippen LogP contribution >= 0.6 is 0 Å². The average Bonchev–Trinajstić information content (AvgIpc) is 2.58. The Morgan fingerprint density at radius 2 is 2.00 bits per heavy atom. The van der Waals surface area contributed by atoms with Gasteiger partial charge in [0.2, 0.25) is 5.88 Å². The molecule has 1 atom stereocenters. The Morgan fingerprint density at radius 1 is 1.14 bits per heavy atom. The van der Waals surface area contributed by atoms with Gasteiger partial charge in [0.15, 0.2) is 0 Å². The van der Waals surface area contributed by atoms with E-state index in [0.717, 1.165) is 5.75 Å². The number of ether oxygens (including phenoxy) is 1. The fraction of sp³-hybridized carbons (Fsp3) is 0.421. The van der Waals surface area contributed by atoms with Crippen molar-refractivity contribution < 1.29 is 4.74 Å². The van der Waals surface area contributed by atoms with E-state index in [4.69, 9.17) is 4.74 Å². The molecule has 0 amide bonds. The summed E-state index contributed by atoms with van der Waals surface area (Å²) in [6, 6.07) is 14.5. The van der Waals surface area contributed by atoms with Crippen molar-refractivity contribution in [2.24, 2.45) is 0 Å². The number of rotatable bonds is 5. The second-order valence-corrected chi connectivity index (χ2v) is 5.89. The van der Waals surface area contributed by atoms with Crippen LogP contribution in [0.5, 0.6) is 11.6 Å². The van der Waals surface area contributed by atoms with Gasteiger partial charge in [-0.2, -0.15) is 0 Å². The molecule has 2 heterocycles. The van der Waals surface area contributed by atoms with E-state index in [9.17, 15) is 0 Å². The molecule has 1 aromatic carbocycles. The van der Waals surface area contributed by atoms with Gasteiger partial charge in [-0.1, -0.05) is 37.6 Å². The molecule has 1 saturated heterocycles. The van der Waals surface area contributed by atoms with Gasteiger partial charge in [-0.05, 0) is 50.0 Å². The van der Waals surface area contributed by atoms with Crippen molar-refractivity contribution >= 4 is 0 Å². The molecule has 0 spiro atoms. The fourth-order valence-corrected chi connectivity index (χ4v) is 3.18. The number of likely N-dealkylation sites (tertiary alicyclic amines) is 1. The van der Waals surface area contributed by atoms with Crippen LogP contribution in [-0.2, 0) is 0 Å². The predicted molar refractivity (Wildman–Crippen MR) is 89.2 cm³/mol. The van der Waals surface area contributed by atoms with Gasteiger partial charge in [-0.15, -0.1) is 0 Å². The predicted octanol–water partition coefficient (Wildman–Crippen LogP) is 4.81. The molecule has 1 fully saturated rings. The first-order chi connectivity index (χ1) is 10.9. The van der Waals surface area contributed by atoms with Gasteiger partial charge in [-0.3, -0.25) is 4.90 Å². The third-order valence-corrected chi connectivity index (χ3v) is 4.23. The molecule has 3 rings (SSSR count). The highest BCUT2D eigenvalue weighted by molar-refractivity contribution is 5.28. The molecule has 3 nitrogen and oxygen atoms in total. The summed E-state index contributed by atoms with van der Waals surface area (Å²) < 4.78 is 5.77. The van der Waals surface area contributed by atoms with Crippen molar-refractivity contribution in [2.75, 3.05) is 13.1 Å². The maximum atomic E-state index is 5.77. The molecule has 0 aliphatic carbocycles. The Hall–Kier alpha value is -1.87. The van der Waals surface area contributed by atoms with Gasteiger partial charge in [0, 0.05) is 18.3 Å². The SMILES string of the molecule is CCCN1CCCCC1c1ccc(Oc2ccccc2)nc1. The number of benzene rings is 1. The van der Waals surface area contributed by atoms with E-state index in [1.807, 2.05) is 42.6 Å². The molecule has 1 aliphatic rings. The Morgan fingerprint density at radius 3 is 2.73 bits per heavy atom. The molecule has 1 unspecified atom stereocenters. The summed E-state index contributed by atoms with van der Waals surface area (Å²) in [6.45, 7) is 4.63. The first kappa shape index (κ1) is 15.0. The molecule has 0 bridgehead atoms. The summed E-state index contributed by atoms with van der Waals surface area (Å²) in [7, 11) is 0. The molecule has 22 heavy (non-hydrogen) atoms. The maximum absolute atomic E-state index is 5.77. The molecule has 2 aromatic rings. The Kier molecular flexibility index (Phi) is 5.07. The number of aromatic nitrogens is 1. The molecular weight excluding hydrogens is 272 g/mol. The molecule has 0 saturated carbocycles. The van der Waals surface area contributed by atoms with Crippen LogP contribution < -0.4 is 4.74 Å². The van der Waals surface area contributed by atoms with Crippen molar-refractivity contribution in [3.8, 4) is 11.6 Å². The van der Waals surface area contributed by atoms with E-state index >= 15 is 0 Å². The lowest BCUT2D eigenvalue weighted by atomic mass is 9.96. The lowest BCUT2D eigenvalue weighted by Crippen LogP contribution is -2.34. The molecule has 0 radical (unpaired) electrons. The summed E-state index contributed by atoms with van der Waals surface area (Å²) in [5, 5.41) is 0. The quantitative estimate of drug-likeness (QED) is 0.791. The smallest absolute Gasteiger partial charge is 0.219 e. The van der Waals surface area contributed by atoms with Crippen LogP contribution in [0.1, 0.15) is 44.2 Å². The molecule has 1 aromatic heterocycles. The number of pyridine rings is 1. The van der Waals surface area contributed by atoms with Crippen LogP contribution in [0.25, 0.3) is 0 Å². The third-order valence-electron chi connectivity index (χ3n) is 4.23. The zero-order valence-corrected chi connectivity index (χ0v) is 13.2. The van der Waals surface area contributed by atoms with Crippen LogP contribution in [0.4, 0.5) is 0 Å². The van der Waals surface area contributed by atoms with Gasteiger partial charge in [0.05, 0.1) is 0 Å². The summed E-state index contributed by atoms with van der Waals surface area (Å²) in [5.41, 5.74) is 1.31. The highest BCUT2D eigenvalue weighted by atomic mass is 16.5. The second-order valence-electron chi connectivity index (χ2n) is 5.89. The number of nitrogens with zero attached hydrogens (tertiary/aromatic N) is 2. The first-order valence-corrected chi connectivity index (χ1v) is 8.29. The van der Waals surface area contributed by atoms with Gasteiger partial charge in [0.25, 0.3) is 0 Å². The van der Waals surface area contributed by atoms with Crippen LogP contribution in [0, 0.1) is 0 Å². The molecule has 3 heteroatoms. The minimum Gasteiger partial charge on any atom is -0.439 e. The molecule has 0 N–H and O–H groups in total. The number of hydrogen-bond donors (Lipinski definition) is 0. The van der Waals surface area contributed by atoms with Gasteiger partial charge in [-0.25, -0.2) is 4.98 Å². The molecule has 116 valence electrons. The topological polar surface area (TPSA) is 25.4 Å². The number of hydrogen-bond acceptors (Lipinski definition) is 3. The Balaban J connectivity index is 1.70. The third kappa shape index (κ3) is 3.66. The zero-order valence-electron chi connectivity index (χ0n) is 13.2. The summed E-state index contributed by atoms with van der Waals surface area (Å²) in [5.74, 6) is 1.49. The highest BCUT2D eigenvalue weighted by Crippen LogP contribution is 2.31. The van der Waals surface area contributed by atoms with E-state index in [2.05, 4.69) is 22.9 Å². The standard InChI is InChI=1S/C19H24N2O/c1-2-13-21-14-7-6-10-18(21)16-11-12-19(20-15-16)22-17-8-4-3-5-9-17/h3-5,8-9,11-12,15,18H,2,6-7,10,13-14H2,1H3. The Labute approximate surface area is 132 Å². The minimum absolute atomic E-state index is 0.520. The van der Waals surface area contributed by atoms with Gasteiger partial charge >= 0.3 is 0 Å². The maximum Gasteiger partial charge on any atom is 0.219 e. The largest absolute Gasteiger partial charge is 0.439 e. The highest BCUT2D eigenvalue weighted by Gasteiger charge is 2.23. The van der Waals surface area contributed by atoms with Crippen LogP contribution in [0.15, 0.2) is 48.7 Å². The van der Waals surface area contributed by atoms with Crippen molar-refractivity contribution in [1.29, 1.82) is 0 Å². The minimum atomic E-state index is 0.520. The zero-order chi connectivity index (χ0) is 15.2. The summed E-state index contributed by atoms with van der Waals surface area (Å²) in [6.07, 6.45) is 7.06. The van der Waals surface area contributed by atoms with Crippen LogP contribution in [0.2, 0.25) is 0 Å². The van der Waals surface area contributed by atoms with Crippen LogP contribution in [-0.4, -0.2) is 23.0 Å². The van der Waals surface area contributed by atoms with Crippen molar-refractivity contribution in [1.82, 2.24) is 9.88 Å². The average molecular weight is 296 g/mol. The number of para-hydroxylation sites is 1. The van der Waals surface area contributed by atoms with E-state index in [-0.39, 0.29) is 0 Å². The van der Waals surface area contributed by atoms with E-state index in [1.165, 1.54) is 44.3 Å². The van der Waals surface area contributed by atoms with Crippen molar-refractivity contribution in [3.63, 3.8) is 0 Å². The fourth-order valence-electron chi connectivity index (χ4n) is 3.18. The van der Waals surface area contributed by atoms with E-state index < -0.39 is 0 Å². The van der Waals surface area contributed by atoms with Crippen LogP contribution in [0.3, 0.4) is 0 Å². The molecule has 1 aliphatic heterocycles. The first-order valence-electron chi connectivity index (χ1n) is 8.29. The second kappa shape index (κ2) is 7.41. The lowest BCUT2D eigenvalue weighted by molar-refractivity contribution is 0.148. The monoisotopic (exact) mass is 296 g/mol. The summed E-state index contributed by atoms with van der Waals surface area (Å²) in [4.78, 5) is 7.09. The van der Waals surface area contributed by atoms with Crippen molar-refractivity contribution in [2.45, 2.75) is 38.6 Å².